The molecule has 0 bridgehead atoms. The number of fused-ring (bicyclic) bond motifs is 1. The molecule has 0 spiro atoms. The van der Waals surface area contributed by atoms with Gasteiger partial charge in [0.2, 0.25) is 11.8 Å². The van der Waals surface area contributed by atoms with E-state index >= 15 is 0 Å². The SMILES string of the molecule is COc1ccc2ncc(F)c(CCN3CCC(c4cc(C)ccc4-c4ncco4)CC3)c2n1. The van der Waals surface area contributed by atoms with Crippen LogP contribution >= 0.6 is 0 Å². The summed E-state index contributed by atoms with van der Waals surface area (Å²) in [5, 5.41) is 0. The van der Waals surface area contributed by atoms with Crippen molar-refractivity contribution >= 4 is 11.0 Å². The van der Waals surface area contributed by atoms with Gasteiger partial charge in [-0.15, -0.1) is 0 Å². The monoisotopic (exact) mass is 446 g/mol. The van der Waals surface area contributed by atoms with Crippen molar-refractivity contribution in [2.24, 2.45) is 0 Å². The van der Waals surface area contributed by atoms with Gasteiger partial charge >= 0.3 is 0 Å². The van der Waals surface area contributed by atoms with Crippen LogP contribution in [0.4, 0.5) is 4.39 Å². The summed E-state index contributed by atoms with van der Waals surface area (Å²) in [4.78, 5) is 15.4. The Morgan fingerprint density at radius 2 is 2.00 bits per heavy atom. The molecule has 0 aliphatic carbocycles. The van der Waals surface area contributed by atoms with Gasteiger partial charge in [-0.05, 0) is 62.9 Å². The number of aryl methyl sites for hydroxylation is 1. The maximum atomic E-state index is 14.6. The van der Waals surface area contributed by atoms with E-state index in [0.717, 1.165) is 38.0 Å². The number of methoxy groups -OCH3 is 1. The van der Waals surface area contributed by atoms with E-state index in [2.05, 4.69) is 45.0 Å². The lowest BCUT2D eigenvalue weighted by molar-refractivity contribution is 0.214. The maximum absolute atomic E-state index is 14.6. The van der Waals surface area contributed by atoms with Gasteiger partial charge in [0.05, 0.1) is 30.5 Å². The van der Waals surface area contributed by atoms with Crippen molar-refractivity contribution in [1.82, 2.24) is 19.9 Å². The first kappa shape index (κ1) is 21.5. The summed E-state index contributed by atoms with van der Waals surface area (Å²) in [7, 11) is 1.56. The second-order valence-corrected chi connectivity index (χ2v) is 8.60. The second kappa shape index (κ2) is 9.27. The van der Waals surface area contributed by atoms with E-state index in [0.29, 0.717) is 40.7 Å². The zero-order valence-electron chi connectivity index (χ0n) is 18.9. The fraction of sp³-hybridized carbons (Fsp3) is 0.346. The van der Waals surface area contributed by atoms with E-state index in [1.54, 1.807) is 25.6 Å². The van der Waals surface area contributed by atoms with Gasteiger partial charge in [0.25, 0.3) is 0 Å². The minimum Gasteiger partial charge on any atom is -0.481 e. The lowest BCUT2D eigenvalue weighted by Crippen LogP contribution is -2.34. The molecule has 0 radical (unpaired) electrons. The molecular formula is C26H27FN4O2. The van der Waals surface area contributed by atoms with Crippen LogP contribution in [0.1, 0.15) is 35.4 Å². The highest BCUT2D eigenvalue weighted by molar-refractivity contribution is 5.78. The number of piperidine rings is 1. The van der Waals surface area contributed by atoms with Crippen LogP contribution < -0.4 is 4.74 Å². The van der Waals surface area contributed by atoms with Crippen LogP contribution in [-0.4, -0.2) is 46.6 Å². The van der Waals surface area contributed by atoms with Crippen LogP contribution in [0, 0.1) is 12.7 Å². The summed E-state index contributed by atoms with van der Waals surface area (Å²) in [6, 6.07) is 10.1. The largest absolute Gasteiger partial charge is 0.481 e. The van der Waals surface area contributed by atoms with Crippen molar-refractivity contribution in [3.8, 4) is 17.3 Å². The van der Waals surface area contributed by atoms with E-state index < -0.39 is 0 Å². The molecule has 1 aliphatic heterocycles. The Morgan fingerprint density at radius 3 is 2.76 bits per heavy atom. The van der Waals surface area contributed by atoms with Gasteiger partial charge in [-0.1, -0.05) is 17.7 Å². The maximum Gasteiger partial charge on any atom is 0.226 e. The number of rotatable bonds is 6. The molecule has 0 atom stereocenters. The molecule has 5 rings (SSSR count). The van der Waals surface area contributed by atoms with Crippen LogP contribution in [0.3, 0.4) is 0 Å². The van der Waals surface area contributed by atoms with E-state index in [1.807, 2.05) is 6.07 Å². The van der Waals surface area contributed by atoms with Crippen LogP contribution in [0.5, 0.6) is 5.88 Å². The Balaban J connectivity index is 1.28. The highest BCUT2D eigenvalue weighted by Crippen LogP contribution is 2.35. The Labute approximate surface area is 192 Å². The highest BCUT2D eigenvalue weighted by Gasteiger charge is 2.24. The highest BCUT2D eigenvalue weighted by atomic mass is 19.1. The molecule has 170 valence electrons. The van der Waals surface area contributed by atoms with E-state index in [-0.39, 0.29) is 5.82 Å². The molecule has 7 heteroatoms. The molecule has 33 heavy (non-hydrogen) atoms. The molecule has 4 heterocycles. The summed E-state index contributed by atoms with van der Waals surface area (Å²) in [5.41, 5.74) is 5.49. The minimum absolute atomic E-state index is 0.312. The van der Waals surface area contributed by atoms with Gasteiger partial charge in [0.15, 0.2) is 0 Å². The third-order valence-corrected chi connectivity index (χ3v) is 6.52. The van der Waals surface area contributed by atoms with E-state index in [4.69, 9.17) is 9.15 Å². The van der Waals surface area contributed by atoms with Crippen LogP contribution in [0.2, 0.25) is 0 Å². The standard InChI is InChI=1S/C26H27FN4O2/c1-17-3-4-19(26-28-10-14-33-26)21(15-17)18-7-11-31(12-8-18)13-9-20-22(27)16-29-23-5-6-24(32-2)30-25(20)23/h3-6,10,14-16,18H,7-9,11-13H2,1-2H3. The number of nitrogens with zero attached hydrogens (tertiary/aromatic N) is 4. The number of hydrogen-bond acceptors (Lipinski definition) is 6. The molecule has 0 amide bonds. The minimum atomic E-state index is -0.312. The molecule has 1 fully saturated rings. The smallest absolute Gasteiger partial charge is 0.226 e. The Hall–Kier alpha value is -3.32. The van der Waals surface area contributed by atoms with Gasteiger partial charge in [0, 0.05) is 23.7 Å². The average molecular weight is 447 g/mol. The molecule has 0 N–H and O–H groups in total. The number of likely N-dealkylation sites (tertiary alicyclic amines) is 1. The first-order valence-electron chi connectivity index (χ1n) is 11.3. The van der Waals surface area contributed by atoms with Crippen LogP contribution in [-0.2, 0) is 6.42 Å². The van der Waals surface area contributed by atoms with Crippen molar-refractivity contribution in [3.05, 3.63) is 71.5 Å². The normalized spacial score (nSPS) is 15.2. The van der Waals surface area contributed by atoms with Crippen LogP contribution in [0.25, 0.3) is 22.5 Å². The van der Waals surface area contributed by atoms with Gasteiger partial charge in [0.1, 0.15) is 12.1 Å². The zero-order chi connectivity index (χ0) is 22.8. The quantitative estimate of drug-likeness (QED) is 0.408. The predicted molar refractivity (Wildman–Crippen MR) is 125 cm³/mol. The number of halogens is 1. The Kier molecular flexibility index (Phi) is 6.05. The van der Waals surface area contributed by atoms with Crippen molar-refractivity contribution < 1.29 is 13.5 Å². The molecule has 4 aromatic rings. The predicted octanol–water partition coefficient (Wildman–Crippen LogP) is 5.16. The molecule has 3 aromatic heterocycles. The zero-order valence-corrected chi connectivity index (χ0v) is 18.9. The topological polar surface area (TPSA) is 64.3 Å². The Bertz CT molecular complexity index is 1250. The fourth-order valence-corrected chi connectivity index (χ4v) is 4.74. The van der Waals surface area contributed by atoms with Gasteiger partial charge < -0.3 is 14.1 Å². The Morgan fingerprint density at radius 1 is 1.15 bits per heavy atom. The van der Waals surface area contributed by atoms with Crippen molar-refractivity contribution in [2.75, 3.05) is 26.7 Å². The van der Waals surface area contributed by atoms with Crippen LogP contribution in [0.15, 0.2) is 53.4 Å². The molecule has 1 aliphatic rings. The fourth-order valence-electron chi connectivity index (χ4n) is 4.74. The number of oxazole rings is 1. The summed E-state index contributed by atoms with van der Waals surface area (Å²) >= 11 is 0. The van der Waals surface area contributed by atoms with Crippen molar-refractivity contribution in [3.63, 3.8) is 0 Å². The molecule has 0 unspecified atom stereocenters. The second-order valence-electron chi connectivity index (χ2n) is 8.60. The van der Waals surface area contributed by atoms with Crippen molar-refractivity contribution in [2.45, 2.75) is 32.1 Å². The molecule has 1 saturated heterocycles. The number of aromatic nitrogens is 3. The first-order valence-corrected chi connectivity index (χ1v) is 11.3. The van der Waals surface area contributed by atoms with Gasteiger partial charge in [-0.25, -0.2) is 14.4 Å². The summed E-state index contributed by atoms with van der Waals surface area (Å²) in [5.74, 6) is 1.29. The third kappa shape index (κ3) is 4.46. The molecule has 6 nitrogen and oxygen atoms in total. The lowest BCUT2D eigenvalue weighted by atomic mass is 9.85. The summed E-state index contributed by atoms with van der Waals surface area (Å²) in [6.45, 7) is 4.83. The molecule has 0 saturated carbocycles. The lowest BCUT2D eigenvalue weighted by Gasteiger charge is -2.33. The van der Waals surface area contributed by atoms with E-state index in [1.165, 1.54) is 17.3 Å². The number of ether oxygens (including phenoxy) is 1. The van der Waals surface area contributed by atoms with Gasteiger partial charge in [-0.2, -0.15) is 0 Å². The number of pyridine rings is 2. The molecule has 1 aromatic carbocycles. The number of benzene rings is 1. The summed E-state index contributed by atoms with van der Waals surface area (Å²) in [6.07, 6.45) is 7.27. The van der Waals surface area contributed by atoms with Gasteiger partial charge in [-0.3, -0.25) is 4.98 Å². The average Bonchev–Trinajstić information content (AvgIpc) is 3.38. The van der Waals surface area contributed by atoms with E-state index in [9.17, 15) is 4.39 Å². The first-order chi connectivity index (χ1) is 16.1. The van der Waals surface area contributed by atoms with Crippen molar-refractivity contribution in [1.29, 1.82) is 0 Å². The third-order valence-electron chi connectivity index (χ3n) is 6.52. The summed E-state index contributed by atoms with van der Waals surface area (Å²) < 4.78 is 25.4. The molecular weight excluding hydrogens is 419 g/mol. The number of hydrogen-bond donors (Lipinski definition) is 0.